The molecule has 28 aromatic rings. The summed E-state index contributed by atoms with van der Waals surface area (Å²) in [6.45, 7) is 41.7. The Morgan fingerprint density at radius 1 is 0.118 bits per heavy atom. The average molecular weight is 1880 g/mol. The predicted octanol–water partition coefficient (Wildman–Crippen LogP) is 39.2. The van der Waals surface area contributed by atoms with Crippen LogP contribution in [0.25, 0.3) is 218 Å². The van der Waals surface area contributed by atoms with Gasteiger partial charge in [0, 0.05) is 227 Å². The molecular formula is C136H136N8. The molecule has 0 aliphatic rings. The summed E-state index contributed by atoms with van der Waals surface area (Å²) in [6, 6.07) is 156. The Morgan fingerprint density at radius 2 is 0.292 bits per heavy atom. The topological polar surface area (TPSA) is 39.4 Å². The minimum absolute atomic E-state index is 0.998. The fourth-order valence-corrected chi connectivity index (χ4v) is 21.9. The van der Waals surface area contributed by atoms with E-state index in [9.17, 15) is 0 Å². The van der Waals surface area contributed by atoms with Gasteiger partial charge >= 0.3 is 0 Å². The van der Waals surface area contributed by atoms with Gasteiger partial charge in [-0.05, 0) is 190 Å². The van der Waals surface area contributed by atoms with E-state index >= 15 is 0 Å². The molecule has 0 amide bonds. The zero-order chi connectivity index (χ0) is 100. The molecule has 0 radical (unpaired) electrons. The molecule has 144 heavy (non-hydrogen) atoms. The predicted molar refractivity (Wildman–Crippen MR) is 636 cm³/mol. The molecule has 0 bridgehead atoms. The second-order valence-electron chi connectivity index (χ2n) is 34.9. The van der Waals surface area contributed by atoms with Crippen LogP contribution in [0.1, 0.15) is 111 Å². The van der Waals surface area contributed by atoms with Crippen molar-refractivity contribution in [3.8, 4) is 0 Å². The van der Waals surface area contributed by atoms with E-state index in [-0.39, 0.29) is 0 Å². The zero-order valence-corrected chi connectivity index (χ0v) is 86.8. The molecule has 0 fully saturated rings. The third-order valence-electron chi connectivity index (χ3n) is 27.9. The molecular weight excluding hydrogens is 1750 g/mol. The summed E-state index contributed by atoms with van der Waals surface area (Å²) < 4.78 is 19.1. The molecule has 0 saturated heterocycles. The largest absolute Gasteiger partial charge is 0.341 e. The highest BCUT2D eigenvalue weighted by Crippen LogP contribution is 2.41. The first-order valence-electron chi connectivity index (χ1n) is 52.6. The van der Waals surface area contributed by atoms with E-state index in [0.717, 1.165) is 52.4 Å². The summed E-state index contributed by atoms with van der Waals surface area (Å²) in [5.41, 5.74) is 21.4. The van der Waals surface area contributed by atoms with Gasteiger partial charge in [0.25, 0.3) is 0 Å². The van der Waals surface area contributed by atoms with Crippen LogP contribution < -0.4 is 0 Å². The van der Waals surface area contributed by atoms with Crippen molar-refractivity contribution in [3.63, 3.8) is 0 Å². The number of aryl methyl sites for hydroxylation is 8. The summed E-state index contributed by atoms with van der Waals surface area (Å²) >= 11 is 0. The number of para-hydroxylation sites is 12. The maximum Gasteiger partial charge on any atom is 0.0570 e. The van der Waals surface area contributed by atoms with Crippen molar-refractivity contribution in [2.24, 2.45) is 0 Å². The average Bonchev–Trinajstić information content (AvgIpc) is 1.59. The normalized spacial score (nSPS) is 11.0. The maximum absolute atomic E-state index is 2.42. The first-order valence-corrected chi connectivity index (χ1v) is 52.6. The Labute approximate surface area is 848 Å². The molecule has 20 aromatic carbocycles. The molecule has 8 aromatic heterocycles. The Hall–Kier alpha value is -16.2. The summed E-state index contributed by atoms with van der Waals surface area (Å²) in [5.74, 6) is 0. The third kappa shape index (κ3) is 18.8. The molecule has 8 heterocycles. The summed E-state index contributed by atoms with van der Waals surface area (Å²) in [4.78, 5) is 0. The molecule has 0 saturated carbocycles. The quantitative estimate of drug-likeness (QED) is 0.145. The van der Waals surface area contributed by atoms with Crippen molar-refractivity contribution in [2.75, 3.05) is 0 Å². The van der Waals surface area contributed by atoms with Crippen LogP contribution in [0.4, 0.5) is 0 Å². The van der Waals surface area contributed by atoms with Crippen molar-refractivity contribution in [1.29, 1.82) is 0 Å². The minimum atomic E-state index is 0.998. The highest BCUT2D eigenvalue weighted by atomic mass is 15.0. The smallest absolute Gasteiger partial charge is 0.0570 e. The van der Waals surface area contributed by atoms with Crippen LogP contribution in [0.3, 0.4) is 0 Å². The highest BCUT2D eigenvalue weighted by molar-refractivity contribution is 6.23. The molecule has 8 nitrogen and oxygen atoms in total. The SMILES string of the molecule is CC.CC.CC.CC.CCn1c2ccccc2c2c3ccccc3ccc21.CCn1c2ccccc2c2c3ccccc3ccc21.CCn1c2ccccc2c2cc3ccccc3cc21.CCn1c2ccccc2c2ccc3ccccc3c21.CCn1c2ccccc2c2ccccc21.CCn1c2ccccc2c2ccccc21.CCn1c2ccccc2c2ccccc21.CCn1c2ccccc2c2ccccc21. The summed E-state index contributed by atoms with van der Waals surface area (Å²) in [5, 5.41) is 32.4. The lowest BCUT2D eigenvalue weighted by molar-refractivity contribution is 0.827. The van der Waals surface area contributed by atoms with Gasteiger partial charge in [0.15, 0.2) is 0 Å². The number of hydrogen-bond donors (Lipinski definition) is 0. The zero-order valence-electron chi connectivity index (χ0n) is 86.8. The van der Waals surface area contributed by atoms with Gasteiger partial charge in [0.2, 0.25) is 0 Å². The molecule has 28 rings (SSSR count). The van der Waals surface area contributed by atoms with Crippen molar-refractivity contribution in [3.05, 3.63) is 437 Å². The van der Waals surface area contributed by atoms with Gasteiger partial charge in [-0.2, -0.15) is 0 Å². The third-order valence-corrected chi connectivity index (χ3v) is 27.9. The van der Waals surface area contributed by atoms with Crippen LogP contribution in [-0.2, 0) is 52.4 Å². The van der Waals surface area contributed by atoms with Gasteiger partial charge in [-0.25, -0.2) is 0 Å². The first-order chi connectivity index (χ1) is 71.2. The van der Waals surface area contributed by atoms with Gasteiger partial charge in [0.05, 0.1) is 5.52 Å². The Kier molecular flexibility index (Phi) is 32.1. The van der Waals surface area contributed by atoms with Gasteiger partial charge in [0.1, 0.15) is 0 Å². The van der Waals surface area contributed by atoms with Crippen LogP contribution in [0, 0.1) is 0 Å². The van der Waals surface area contributed by atoms with Gasteiger partial charge in [-0.15, -0.1) is 0 Å². The molecule has 0 N–H and O–H groups in total. The van der Waals surface area contributed by atoms with Gasteiger partial charge in [-0.1, -0.05) is 395 Å². The lowest BCUT2D eigenvalue weighted by Crippen LogP contribution is -1.93. The second kappa shape index (κ2) is 46.5. The van der Waals surface area contributed by atoms with Crippen LogP contribution in [0.15, 0.2) is 437 Å². The van der Waals surface area contributed by atoms with E-state index in [0.29, 0.717) is 0 Å². The number of hydrogen-bond acceptors (Lipinski definition) is 0. The fraction of sp³-hybridized carbons (Fsp3) is 0.176. The van der Waals surface area contributed by atoms with E-state index in [2.05, 4.69) is 529 Å². The van der Waals surface area contributed by atoms with Crippen molar-refractivity contribution >= 4 is 218 Å². The molecule has 0 aliphatic carbocycles. The molecule has 0 spiro atoms. The Balaban J connectivity index is 0.000000112. The molecule has 8 heteroatoms. The minimum Gasteiger partial charge on any atom is -0.341 e. The molecule has 0 aliphatic heterocycles. The van der Waals surface area contributed by atoms with E-state index in [1.54, 1.807) is 0 Å². The lowest BCUT2D eigenvalue weighted by Gasteiger charge is -2.06. The van der Waals surface area contributed by atoms with E-state index in [1.165, 1.54) is 218 Å². The number of benzene rings is 20. The van der Waals surface area contributed by atoms with Crippen LogP contribution >= 0.6 is 0 Å². The number of fused-ring (bicyclic) bond motifs is 31. The Morgan fingerprint density at radius 3 is 0.562 bits per heavy atom. The van der Waals surface area contributed by atoms with Crippen molar-refractivity contribution in [2.45, 2.75) is 163 Å². The highest BCUT2D eigenvalue weighted by Gasteiger charge is 2.19. The van der Waals surface area contributed by atoms with Crippen molar-refractivity contribution < 1.29 is 0 Å². The Bertz CT molecular complexity index is 8400. The maximum atomic E-state index is 2.42. The molecule has 0 unspecified atom stereocenters. The number of rotatable bonds is 8. The molecule has 720 valence electrons. The second-order valence-corrected chi connectivity index (χ2v) is 34.9. The van der Waals surface area contributed by atoms with E-state index in [1.807, 2.05) is 55.4 Å². The van der Waals surface area contributed by atoms with Crippen LogP contribution in [-0.4, -0.2) is 36.5 Å². The van der Waals surface area contributed by atoms with Crippen molar-refractivity contribution in [1.82, 2.24) is 36.5 Å². The van der Waals surface area contributed by atoms with Crippen LogP contribution in [0.5, 0.6) is 0 Å². The molecule has 0 atom stereocenters. The van der Waals surface area contributed by atoms with Crippen LogP contribution in [0.2, 0.25) is 0 Å². The van der Waals surface area contributed by atoms with Gasteiger partial charge < -0.3 is 36.5 Å². The monoisotopic (exact) mass is 1880 g/mol. The fourth-order valence-electron chi connectivity index (χ4n) is 21.9. The van der Waals surface area contributed by atoms with E-state index < -0.39 is 0 Å². The van der Waals surface area contributed by atoms with Gasteiger partial charge in [-0.3, -0.25) is 0 Å². The first kappa shape index (κ1) is 99.4. The number of nitrogens with zero attached hydrogens (tertiary/aromatic N) is 8. The standard InChI is InChI=1S/4C18H15N.4C14H13N.4C2H6/c1-2-19-17-10-6-5-9-15(17)16-11-13-7-3-4-8-14(13)12-18(16)19;1-2-19-17-10-6-5-9-15(17)16-12-11-13-7-3-4-8-14(13)18(16)19;2*1-2-19-16-10-6-5-9-15(16)18-14-8-4-3-7-13(14)11-12-17(18)19;4*1-2-15-13-9-5-3-7-11(13)12-8-4-6-10-14(12)15;4*1-2/h4*3-12H,2H2,1H3;4*3-10H,2H2,1H3;4*1-2H3. The number of aromatic nitrogens is 8. The summed E-state index contributed by atoms with van der Waals surface area (Å²) in [7, 11) is 0. The summed E-state index contributed by atoms with van der Waals surface area (Å²) in [6.07, 6.45) is 0. The van der Waals surface area contributed by atoms with E-state index in [4.69, 9.17) is 0 Å². The lowest BCUT2D eigenvalue weighted by atomic mass is 10.0.